The molecule has 0 aromatic heterocycles. The van der Waals surface area contributed by atoms with Crippen LogP contribution in [0.15, 0.2) is 109 Å². The van der Waals surface area contributed by atoms with Gasteiger partial charge in [0.1, 0.15) is 6.61 Å². The Morgan fingerprint density at radius 2 is 0.982 bits per heavy atom. The summed E-state index contributed by atoms with van der Waals surface area (Å²) in [6.07, 6.45) is 52.9. The summed E-state index contributed by atoms with van der Waals surface area (Å²) in [5, 5.41) is 0. The van der Waals surface area contributed by atoms with Crippen molar-refractivity contribution in [3.05, 3.63) is 109 Å². The molecule has 2 unspecified atom stereocenters. The van der Waals surface area contributed by atoms with Crippen molar-refractivity contribution >= 4 is 19.8 Å². The Balaban J connectivity index is 4.48. The molecule has 322 valence electrons. The van der Waals surface area contributed by atoms with Crippen molar-refractivity contribution < 1.29 is 37.6 Å². The van der Waals surface area contributed by atoms with E-state index in [4.69, 9.17) is 18.5 Å². The molecule has 57 heavy (non-hydrogen) atoms. The fourth-order valence-electron chi connectivity index (χ4n) is 4.90. The number of hydrogen-bond donors (Lipinski definition) is 1. The van der Waals surface area contributed by atoms with Crippen LogP contribution in [0.25, 0.3) is 0 Å². The first-order chi connectivity index (χ1) is 27.7. The summed E-state index contributed by atoms with van der Waals surface area (Å²) in [6.45, 7) is 3.95. The molecule has 0 aliphatic rings. The highest BCUT2D eigenvalue weighted by atomic mass is 31.2. The highest BCUT2D eigenvalue weighted by molar-refractivity contribution is 7.47. The van der Waals surface area contributed by atoms with E-state index in [2.05, 4.69) is 111 Å². The summed E-state index contributed by atoms with van der Waals surface area (Å²) < 4.78 is 33.3. The maximum atomic E-state index is 12.6. The molecule has 1 N–H and O–H groups in total. The highest BCUT2D eigenvalue weighted by Gasteiger charge is 2.26. The Bertz CT molecular complexity index is 1310. The number of carbonyl (C=O) groups excluding carboxylic acids is 2. The Morgan fingerprint density at radius 1 is 0.544 bits per heavy atom. The average molecular weight is 814 g/mol. The lowest BCUT2D eigenvalue weighted by molar-refractivity contribution is -0.161. The lowest BCUT2D eigenvalue weighted by atomic mass is 10.1. The average Bonchev–Trinajstić information content (AvgIpc) is 3.18. The van der Waals surface area contributed by atoms with Crippen molar-refractivity contribution in [1.29, 1.82) is 0 Å². The molecule has 0 spiro atoms. The van der Waals surface area contributed by atoms with Gasteiger partial charge >= 0.3 is 19.8 Å². The van der Waals surface area contributed by atoms with Crippen molar-refractivity contribution in [2.24, 2.45) is 0 Å². The van der Waals surface area contributed by atoms with E-state index >= 15 is 0 Å². The quantitative estimate of drug-likeness (QED) is 0.0283. The van der Waals surface area contributed by atoms with Gasteiger partial charge in [0, 0.05) is 19.4 Å². The van der Waals surface area contributed by atoms with Crippen LogP contribution < -0.4 is 0 Å². The van der Waals surface area contributed by atoms with E-state index in [-0.39, 0.29) is 26.1 Å². The second-order valence-electron chi connectivity index (χ2n) is 13.7. The van der Waals surface area contributed by atoms with Crippen LogP contribution in [0.1, 0.15) is 129 Å². The van der Waals surface area contributed by atoms with Crippen LogP contribution in [0.2, 0.25) is 0 Å². The zero-order valence-corrected chi connectivity index (χ0v) is 36.6. The van der Waals surface area contributed by atoms with Crippen LogP contribution in [0.5, 0.6) is 0 Å². The Hall–Kier alpha value is -3.33. The molecule has 0 radical (unpaired) electrons. The Labute approximate surface area is 346 Å². The molecule has 0 saturated heterocycles. The predicted octanol–water partition coefficient (Wildman–Crippen LogP) is 12.2. The summed E-state index contributed by atoms with van der Waals surface area (Å²) in [5.74, 6) is -0.934. The van der Waals surface area contributed by atoms with Gasteiger partial charge in [0.2, 0.25) is 0 Å². The van der Waals surface area contributed by atoms with Crippen molar-refractivity contribution in [1.82, 2.24) is 4.90 Å². The molecule has 0 amide bonds. The first-order valence-corrected chi connectivity index (χ1v) is 22.7. The number of allylic oxidation sites excluding steroid dienone is 18. The SMILES string of the molecule is CC/C=C\C/C=C\C/C=C\C/C=C\C/C=C\C/C=C\CCC(=O)OCC(COP(=O)(O)OCCN(C)C)OC(=O)CCCCCCC/C=C\C/C=C\C/C=C\CC. The molecule has 10 heteroatoms. The van der Waals surface area contributed by atoms with Crippen LogP contribution >= 0.6 is 7.82 Å². The smallest absolute Gasteiger partial charge is 0.462 e. The topological polar surface area (TPSA) is 112 Å². The number of nitrogens with zero attached hydrogens (tertiary/aromatic N) is 1. The van der Waals surface area contributed by atoms with E-state index in [1.807, 2.05) is 26.2 Å². The number of rotatable bonds is 37. The van der Waals surface area contributed by atoms with Crippen LogP contribution in [0.4, 0.5) is 0 Å². The second kappa shape index (κ2) is 40.9. The van der Waals surface area contributed by atoms with Crippen LogP contribution in [0.3, 0.4) is 0 Å². The van der Waals surface area contributed by atoms with Gasteiger partial charge in [0.25, 0.3) is 0 Å². The second-order valence-corrected chi connectivity index (χ2v) is 15.2. The number of phosphoric acid groups is 1. The van der Waals surface area contributed by atoms with Gasteiger partial charge in [0.15, 0.2) is 6.10 Å². The third-order valence-electron chi connectivity index (χ3n) is 8.09. The lowest BCUT2D eigenvalue weighted by Gasteiger charge is -2.20. The predicted molar refractivity (Wildman–Crippen MR) is 238 cm³/mol. The third-order valence-corrected chi connectivity index (χ3v) is 9.07. The Kier molecular flexibility index (Phi) is 38.5. The monoisotopic (exact) mass is 814 g/mol. The van der Waals surface area contributed by atoms with E-state index in [0.29, 0.717) is 19.4 Å². The van der Waals surface area contributed by atoms with Gasteiger partial charge in [-0.1, -0.05) is 142 Å². The van der Waals surface area contributed by atoms with Gasteiger partial charge in [-0.2, -0.15) is 0 Å². The molecule has 9 nitrogen and oxygen atoms in total. The van der Waals surface area contributed by atoms with Crippen molar-refractivity contribution in [2.75, 3.05) is 40.5 Å². The minimum atomic E-state index is -4.39. The number of likely N-dealkylation sites (N-methyl/N-ethyl adjacent to an activating group) is 1. The highest BCUT2D eigenvalue weighted by Crippen LogP contribution is 2.43. The zero-order valence-electron chi connectivity index (χ0n) is 35.7. The van der Waals surface area contributed by atoms with Crippen molar-refractivity contribution in [3.63, 3.8) is 0 Å². The normalized spacial score (nSPS) is 14.5. The molecule has 2 atom stereocenters. The summed E-state index contributed by atoms with van der Waals surface area (Å²) in [4.78, 5) is 37.0. The van der Waals surface area contributed by atoms with Crippen molar-refractivity contribution in [3.8, 4) is 0 Å². The number of hydrogen-bond acceptors (Lipinski definition) is 8. The molecule has 0 aliphatic carbocycles. The summed E-state index contributed by atoms with van der Waals surface area (Å²) in [6, 6.07) is 0. The number of phosphoric ester groups is 1. The molecule has 0 heterocycles. The molecule has 0 fully saturated rings. The molecule has 0 bridgehead atoms. The van der Waals surface area contributed by atoms with Crippen LogP contribution in [-0.2, 0) is 32.7 Å². The summed E-state index contributed by atoms with van der Waals surface area (Å²) in [7, 11) is -0.770. The fourth-order valence-corrected chi connectivity index (χ4v) is 5.64. The summed E-state index contributed by atoms with van der Waals surface area (Å²) >= 11 is 0. The molecule has 0 saturated carbocycles. The number of unbranched alkanes of at least 4 members (excludes halogenated alkanes) is 5. The number of esters is 2. The van der Waals surface area contributed by atoms with E-state index < -0.39 is 32.5 Å². The van der Waals surface area contributed by atoms with E-state index in [1.165, 1.54) is 0 Å². The standard InChI is InChI=1S/C47H76NO8P/c1-5-7-9-11-13-15-17-19-21-22-23-24-26-27-29-31-33-35-37-39-46(49)53-43-45(44-55-57(51,52)54-42-41-48(3)4)56-47(50)40-38-36-34-32-30-28-25-20-18-16-14-12-10-8-6-2/h7-10,13-16,19-21,23-25,27,29,33,35,45H,5-6,11-12,17-18,22,26,28,30-32,34,36-44H2,1-4H3,(H,51,52)/b9-7-,10-8-,15-13-,16-14-,21-19-,24-23-,25-20-,29-27-,35-33-. The van der Waals surface area contributed by atoms with Gasteiger partial charge in [-0.3, -0.25) is 18.6 Å². The van der Waals surface area contributed by atoms with Crippen LogP contribution in [-0.4, -0.2) is 68.3 Å². The van der Waals surface area contributed by atoms with Gasteiger partial charge in [-0.25, -0.2) is 4.57 Å². The molecular weight excluding hydrogens is 737 g/mol. The molecule has 0 rings (SSSR count). The molecule has 0 aliphatic heterocycles. The number of carbonyl (C=O) groups is 2. The van der Waals surface area contributed by atoms with Gasteiger partial charge in [0.05, 0.1) is 13.2 Å². The van der Waals surface area contributed by atoms with Crippen molar-refractivity contribution in [2.45, 2.75) is 136 Å². The van der Waals surface area contributed by atoms with Gasteiger partial charge in [-0.15, -0.1) is 0 Å². The molecular formula is C47H76NO8P. The summed E-state index contributed by atoms with van der Waals surface area (Å²) in [5.41, 5.74) is 0. The van der Waals surface area contributed by atoms with E-state index in [1.54, 1.807) is 4.90 Å². The van der Waals surface area contributed by atoms with Gasteiger partial charge < -0.3 is 19.3 Å². The zero-order chi connectivity index (χ0) is 41.9. The maximum absolute atomic E-state index is 12.6. The minimum absolute atomic E-state index is 0.0142. The first kappa shape index (κ1) is 53.7. The molecule has 0 aromatic carbocycles. The van der Waals surface area contributed by atoms with Gasteiger partial charge in [-0.05, 0) is 97.6 Å². The number of ether oxygens (including phenoxy) is 2. The molecule has 0 aromatic rings. The lowest BCUT2D eigenvalue weighted by Crippen LogP contribution is -2.29. The van der Waals surface area contributed by atoms with E-state index in [0.717, 1.165) is 89.9 Å². The largest absolute Gasteiger partial charge is 0.472 e. The Morgan fingerprint density at radius 3 is 1.47 bits per heavy atom. The maximum Gasteiger partial charge on any atom is 0.472 e. The van der Waals surface area contributed by atoms with E-state index in [9.17, 15) is 19.0 Å². The first-order valence-electron chi connectivity index (χ1n) is 21.2. The minimum Gasteiger partial charge on any atom is -0.462 e. The third kappa shape index (κ3) is 42.1. The fraction of sp³-hybridized carbons (Fsp3) is 0.574. The van der Waals surface area contributed by atoms with Crippen LogP contribution in [0, 0.1) is 0 Å².